The second-order valence-electron chi connectivity index (χ2n) is 1.98. The van der Waals surface area contributed by atoms with Gasteiger partial charge in [-0.2, -0.15) is 0 Å². The monoisotopic (exact) mass is 267 g/mol. The van der Waals surface area contributed by atoms with Gasteiger partial charge in [0.1, 0.15) is 0 Å². The maximum absolute atomic E-state index is 5.69. The Morgan fingerprint density at radius 3 is 2.70 bits per heavy atom. The highest BCUT2D eigenvalue weighted by atomic mass is 127. The third-order valence-corrected chi connectivity index (χ3v) is 2.31. The molecule has 0 aromatic heterocycles. The summed E-state index contributed by atoms with van der Waals surface area (Å²) in [7, 11) is 0. The maximum Gasteiger partial charge on any atom is 0.0426 e. The fourth-order valence-corrected chi connectivity index (χ4v) is 1.56. The molecular formula is C7H7ClIN. The largest absolute Gasteiger partial charge is 0.398 e. The van der Waals surface area contributed by atoms with Crippen LogP contribution in [0.5, 0.6) is 0 Å². The zero-order valence-corrected chi connectivity index (χ0v) is 8.19. The van der Waals surface area contributed by atoms with E-state index in [-0.39, 0.29) is 0 Å². The standard InChI is InChI=1S/C7H7ClIN/c8-6-2-1-5(4-9)7(10)3-6/h1-3H,4,10H2. The van der Waals surface area contributed by atoms with Gasteiger partial charge in [0.25, 0.3) is 0 Å². The van der Waals surface area contributed by atoms with E-state index >= 15 is 0 Å². The van der Waals surface area contributed by atoms with Gasteiger partial charge in [0.15, 0.2) is 0 Å². The van der Waals surface area contributed by atoms with Crippen molar-refractivity contribution in [1.29, 1.82) is 0 Å². The molecule has 0 saturated heterocycles. The molecule has 1 rings (SSSR count). The Labute approximate surface area is 78.7 Å². The van der Waals surface area contributed by atoms with E-state index in [9.17, 15) is 0 Å². The normalized spacial score (nSPS) is 9.80. The van der Waals surface area contributed by atoms with E-state index in [1.165, 1.54) is 0 Å². The van der Waals surface area contributed by atoms with E-state index in [0.29, 0.717) is 5.02 Å². The van der Waals surface area contributed by atoms with Gasteiger partial charge in [-0.15, -0.1) is 0 Å². The van der Waals surface area contributed by atoms with Gasteiger partial charge in [-0.25, -0.2) is 0 Å². The minimum Gasteiger partial charge on any atom is -0.398 e. The molecule has 54 valence electrons. The second-order valence-corrected chi connectivity index (χ2v) is 3.18. The third-order valence-electron chi connectivity index (χ3n) is 1.25. The Balaban J connectivity index is 3.07. The lowest BCUT2D eigenvalue weighted by Gasteiger charge is -2.00. The van der Waals surface area contributed by atoms with Gasteiger partial charge in [-0.3, -0.25) is 0 Å². The Morgan fingerprint density at radius 1 is 1.50 bits per heavy atom. The summed E-state index contributed by atoms with van der Waals surface area (Å²) >= 11 is 7.96. The zero-order chi connectivity index (χ0) is 7.56. The first-order valence-corrected chi connectivity index (χ1v) is 4.74. The summed E-state index contributed by atoms with van der Waals surface area (Å²) in [6.45, 7) is 0. The second kappa shape index (κ2) is 3.44. The summed E-state index contributed by atoms with van der Waals surface area (Å²) in [5.74, 6) is 0. The van der Waals surface area contributed by atoms with Gasteiger partial charge < -0.3 is 5.73 Å². The summed E-state index contributed by atoms with van der Waals surface area (Å²) < 4.78 is 0.931. The zero-order valence-electron chi connectivity index (χ0n) is 5.27. The molecule has 0 unspecified atom stereocenters. The molecule has 3 heteroatoms. The molecular weight excluding hydrogens is 260 g/mol. The van der Waals surface area contributed by atoms with Gasteiger partial charge in [0, 0.05) is 15.1 Å². The van der Waals surface area contributed by atoms with Crippen LogP contribution in [0.2, 0.25) is 5.02 Å². The van der Waals surface area contributed by atoms with Crippen molar-refractivity contribution in [2.45, 2.75) is 4.43 Å². The molecule has 2 N–H and O–H groups in total. The first-order valence-electron chi connectivity index (χ1n) is 2.84. The summed E-state index contributed by atoms with van der Waals surface area (Å²) in [6, 6.07) is 5.57. The van der Waals surface area contributed by atoms with Gasteiger partial charge in [0.2, 0.25) is 0 Å². The van der Waals surface area contributed by atoms with Crippen LogP contribution in [0.4, 0.5) is 5.69 Å². The smallest absolute Gasteiger partial charge is 0.0426 e. The molecule has 0 amide bonds. The quantitative estimate of drug-likeness (QED) is 0.473. The number of nitrogens with two attached hydrogens (primary N) is 1. The van der Waals surface area contributed by atoms with Crippen molar-refractivity contribution in [2.24, 2.45) is 0 Å². The van der Waals surface area contributed by atoms with Crippen LogP contribution in [0.15, 0.2) is 18.2 Å². The fraction of sp³-hybridized carbons (Fsp3) is 0.143. The number of hydrogen-bond donors (Lipinski definition) is 1. The van der Waals surface area contributed by atoms with Gasteiger partial charge >= 0.3 is 0 Å². The lowest BCUT2D eigenvalue weighted by molar-refractivity contribution is 1.46. The molecule has 0 fully saturated rings. The number of alkyl halides is 1. The van der Waals surface area contributed by atoms with Crippen LogP contribution in [0.1, 0.15) is 5.56 Å². The molecule has 0 bridgehead atoms. The maximum atomic E-state index is 5.69. The number of benzene rings is 1. The number of halogens is 2. The summed E-state index contributed by atoms with van der Waals surface area (Å²) in [5, 5.41) is 0.700. The van der Waals surface area contributed by atoms with E-state index in [0.717, 1.165) is 15.7 Å². The van der Waals surface area contributed by atoms with Crippen LogP contribution in [-0.4, -0.2) is 0 Å². The molecule has 0 aliphatic heterocycles. The molecule has 0 atom stereocenters. The first-order chi connectivity index (χ1) is 4.74. The highest BCUT2D eigenvalue weighted by molar-refractivity contribution is 14.1. The number of rotatable bonds is 1. The van der Waals surface area contributed by atoms with Crippen molar-refractivity contribution >= 4 is 39.9 Å². The van der Waals surface area contributed by atoms with Gasteiger partial charge in [0.05, 0.1) is 0 Å². The van der Waals surface area contributed by atoms with E-state index < -0.39 is 0 Å². The molecule has 1 aromatic carbocycles. The lowest BCUT2D eigenvalue weighted by atomic mass is 10.2. The van der Waals surface area contributed by atoms with E-state index in [1.54, 1.807) is 6.07 Å². The molecule has 0 aliphatic rings. The predicted molar refractivity (Wildman–Crippen MR) is 53.6 cm³/mol. The molecule has 1 nitrogen and oxygen atoms in total. The average molecular weight is 267 g/mol. The van der Waals surface area contributed by atoms with Crippen LogP contribution in [0, 0.1) is 0 Å². The van der Waals surface area contributed by atoms with E-state index in [2.05, 4.69) is 22.6 Å². The van der Waals surface area contributed by atoms with Crippen molar-refractivity contribution in [3.05, 3.63) is 28.8 Å². The number of anilines is 1. The molecule has 1 aromatic rings. The third kappa shape index (κ3) is 1.76. The van der Waals surface area contributed by atoms with Crippen molar-refractivity contribution in [3.8, 4) is 0 Å². The van der Waals surface area contributed by atoms with Crippen LogP contribution in [-0.2, 0) is 4.43 Å². The Hall–Kier alpha value is 0.0400. The van der Waals surface area contributed by atoms with Crippen molar-refractivity contribution < 1.29 is 0 Å². The minimum atomic E-state index is 0.700. The Kier molecular flexibility index (Phi) is 2.80. The average Bonchev–Trinajstić information content (AvgIpc) is 1.88. The van der Waals surface area contributed by atoms with Crippen LogP contribution >= 0.6 is 34.2 Å². The Morgan fingerprint density at radius 2 is 2.20 bits per heavy atom. The molecule has 0 heterocycles. The number of hydrogen-bond acceptors (Lipinski definition) is 1. The van der Waals surface area contributed by atoms with Crippen LogP contribution in [0.3, 0.4) is 0 Å². The molecule has 0 spiro atoms. The van der Waals surface area contributed by atoms with Crippen molar-refractivity contribution in [2.75, 3.05) is 5.73 Å². The lowest BCUT2D eigenvalue weighted by Crippen LogP contribution is -1.90. The number of nitrogen functional groups attached to an aromatic ring is 1. The Bertz CT molecular complexity index is 237. The predicted octanol–water partition coefficient (Wildman–Crippen LogP) is 2.86. The minimum absolute atomic E-state index is 0.700. The highest BCUT2D eigenvalue weighted by Gasteiger charge is 1.95. The van der Waals surface area contributed by atoms with E-state index in [1.807, 2.05) is 12.1 Å². The summed E-state index contributed by atoms with van der Waals surface area (Å²) in [5.41, 5.74) is 7.57. The topological polar surface area (TPSA) is 26.0 Å². The van der Waals surface area contributed by atoms with Gasteiger partial charge in [-0.1, -0.05) is 40.3 Å². The fourth-order valence-electron chi connectivity index (χ4n) is 0.687. The SMILES string of the molecule is Nc1cc(Cl)ccc1CI. The van der Waals surface area contributed by atoms with Crippen molar-refractivity contribution in [1.82, 2.24) is 0 Å². The van der Waals surface area contributed by atoms with Crippen LogP contribution in [0.25, 0.3) is 0 Å². The van der Waals surface area contributed by atoms with Crippen molar-refractivity contribution in [3.63, 3.8) is 0 Å². The van der Waals surface area contributed by atoms with E-state index in [4.69, 9.17) is 17.3 Å². The molecule has 0 saturated carbocycles. The highest BCUT2D eigenvalue weighted by Crippen LogP contribution is 2.19. The first kappa shape index (κ1) is 8.14. The van der Waals surface area contributed by atoms with Gasteiger partial charge in [-0.05, 0) is 17.7 Å². The summed E-state index contributed by atoms with van der Waals surface area (Å²) in [4.78, 5) is 0. The molecule has 0 aliphatic carbocycles. The van der Waals surface area contributed by atoms with Crippen LogP contribution < -0.4 is 5.73 Å². The molecule has 0 radical (unpaired) electrons. The summed E-state index contributed by atoms with van der Waals surface area (Å²) in [6.07, 6.45) is 0. The molecule has 10 heavy (non-hydrogen) atoms.